The Hall–Kier alpha value is -3.65. The molecule has 1 aliphatic rings. The van der Waals surface area contributed by atoms with E-state index in [1.165, 1.54) is 17.0 Å². The number of amides is 2. The second-order valence-corrected chi connectivity index (χ2v) is 12.2. The highest BCUT2D eigenvalue weighted by Crippen LogP contribution is 2.25. The molecule has 4 rings (SSSR count). The second-order valence-electron chi connectivity index (χ2n) is 10.3. The molecule has 1 fully saturated rings. The zero-order chi connectivity index (χ0) is 28.0. The average Bonchev–Trinajstić information content (AvgIpc) is 3.45. The van der Waals surface area contributed by atoms with Gasteiger partial charge in [0, 0.05) is 12.6 Å². The van der Waals surface area contributed by atoms with E-state index in [0.29, 0.717) is 5.69 Å². The third-order valence-corrected chi connectivity index (χ3v) is 9.06. The number of rotatable bonds is 10. The molecule has 3 aromatic rings. The Morgan fingerprint density at radius 1 is 0.872 bits per heavy atom. The highest BCUT2D eigenvalue weighted by molar-refractivity contribution is 7.92. The molecule has 0 spiro atoms. The molecule has 0 saturated heterocycles. The molecule has 0 unspecified atom stereocenters. The fraction of sp³-hybridized carbons (Fsp3) is 0.355. The zero-order valence-corrected chi connectivity index (χ0v) is 23.7. The Labute approximate surface area is 231 Å². The van der Waals surface area contributed by atoms with Gasteiger partial charge in [-0.3, -0.25) is 13.9 Å². The van der Waals surface area contributed by atoms with E-state index in [0.717, 1.165) is 46.7 Å². The van der Waals surface area contributed by atoms with Crippen LogP contribution in [0.1, 0.15) is 49.3 Å². The number of benzene rings is 3. The van der Waals surface area contributed by atoms with Gasteiger partial charge in [-0.05, 0) is 63.4 Å². The van der Waals surface area contributed by atoms with Crippen LogP contribution in [0.4, 0.5) is 5.69 Å². The van der Waals surface area contributed by atoms with Gasteiger partial charge in [0.2, 0.25) is 11.8 Å². The predicted molar refractivity (Wildman–Crippen MR) is 154 cm³/mol. The second kappa shape index (κ2) is 12.5. The SMILES string of the molecule is Cc1ccc(CN(C(=O)CN(c2ccc(C)cc2)S(=O)(=O)c2ccccc2)[C@@H](C)C(=O)NC2CCCC2)cc1. The van der Waals surface area contributed by atoms with Crippen LogP contribution >= 0.6 is 0 Å². The van der Waals surface area contributed by atoms with Gasteiger partial charge in [0.1, 0.15) is 12.6 Å². The Morgan fingerprint density at radius 3 is 2.03 bits per heavy atom. The summed E-state index contributed by atoms with van der Waals surface area (Å²) in [7, 11) is -4.05. The van der Waals surface area contributed by atoms with Gasteiger partial charge >= 0.3 is 0 Å². The maximum atomic E-state index is 14.0. The van der Waals surface area contributed by atoms with Crippen molar-refractivity contribution in [1.29, 1.82) is 0 Å². The molecule has 1 aliphatic carbocycles. The first-order chi connectivity index (χ1) is 18.6. The van der Waals surface area contributed by atoms with E-state index < -0.39 is 28.5 Å². The van der Waals surface area contributed by atoms with Crippen LogP contribution in [0.5, 0.6) is 0 Å². The smallest absolute Gasteiger partial charge is 0.264 e. The maximum Gasteiger partial charge on any atom is 0.264 e. The summed E-state index contributed by atoms with van der Waals surface area (Å²) in [4.78, 5) is 28.8. The summed E-state index contributed by atoms with van der Waals surface area (Å²) in [5, 5.41) is 3.09. The van der Waals surface area contributed by atoms with E-state index in [2.05, 4.69) is 5.32 Å². The monoisotopic (exact) mass is 547 g/mol. The molecule has 1 atom stereocenters. The Balaban J connectivity index is 1.66. The van der Waals surface area contributed by atoms with Crippen LogP contribution < -0.4 is 9.62 Å². The van der Waals surface area contributed by atoms with Crippen molar-refractivity contribution in [3.63, 3.8) is 0 Å². The predicted octanol–water partition coefficient (Wildman–Crippen LogP) is 4.97. The van der Waals surface area contributed by atoms with Gasteiger partial charge in [-0.1, -0.05) is 78.6 Å². The number of sulfonamides is 1. The Kier molecular flexibility index (Phi) is 9.07. The summed E-state index contributed by atoms with van der Waals surface area (Å²) in [6.45, 7) is 5.36. The lowest BCUT2D eigenvalue weighted by Crippen LogP contribution is -2.52. The lowest BCUT2D eigenvalue weighted by atomic mass is 10.1. The fourth-order valence-corrected chi connectivity index (χ4v) is 6.26. The van der Waals surface area contributed by atoms with E-state index in [4.69, 9.17) is 0 Å². The molecule has 0 aromatic heterocycles. The third kappa shape index (κ3) is 7.06. The first-order valence-corrected chi connectivity index (χ1v) is 14.9. The molecule has 206 valence electrons. The van der Waals surface area contributed by atoms with Crippen molar-refractivity contribution in [1.82, 2.24) is 10.2 Å². The van der Waals surface area contributed by atoms with Gasteiger partial charge < -0.3 is 10.2 Å². The molecule has 0 heterocycles. The summed E-state index contributed by atoms with van der Waals surface area (Å²) in [6, 6.07) is 22.2. The van der Waals surface area contributed by atoms with E-state index in [1.807, 2.05) is 50.2 Å². The number of anilines is 1. The Morgan fingerprint density at radius 2 is 1.44 bits per heavy atom. The molecule has 3 aromatic carbocycles. The molecule has 39 heavy (non-hydrogen) atoms. The summed E-state index contributed by atoms with van der Waals surface area (Å²) < 4.78 is 28.7. The molecule has 0 bridgehead atoms. The Bertz CT molecular complexity index is 1370. The van der Waals surface area contributed by atoms with Gasteiger partial charge in [-0.2, -0.15) is 0 Å². The van der Waals surface area contributed by atoms with Crippen molar-refractivity contribution < 1.29 is 18.0 Å². The van der Waals surface area contributed by atoms with Crippen molar-refractivity contribution in [2.75, 3.05) is 10.8 Å². The molecule has 8 heteroatoms. The van der Waals surface area contributed by atoms with Crippen molar-refractivity contribution in [2.24, 2.45) is 0 Å². The van der Waals surface area contributed by atoms with Crippen LogP contribution in [-0.2, 0) is 26.2 Å². The largest absolute Gasteiger partial charge is 0.352 e. The minimum absolute atomic E-state index is 0.0930. The molecule has 7 nitrogen and oxygen atoms in total. The van der Waals surface area contributed by atoms with Crippen LogP contribution in [0, 0.1) is 13.8 Å². The van der Waals surface area contributed by atoms with E-state index >= 15 is 0 Å². The van der Waals surface area contributed by atoms with Gasteiger partial charge in [0.15, 0.2) is 0 Å². The van der Waals surface area contributed by atoms with Crippen molar-refractivity contribution in [3.8, 4) is 0 Å². The van der Waals surface area contributed by atoms with Crippen molar-refractivity contribution in [3.05, 3.63) is 95.6 Å². The van der Waals surface area contributed by atoms with Crippen molar-refractivity contribution >= 4 is 27.5 Å². The van der Waals surface area contributed by atoms with Crippen LogP contribution in [0.15, 0.2) is 83.8 Å². The lowest BCUT2D eigenvalue weighted by Gasteiger charge is -2.32. The van der Waals surface area contributed by atoms with Crippen LogP contribution in [0.2, 0.25) is 0 Å². The molecular weight excluding hydrogens is 510 g/mol. The summed E-state index contributed by atoms with van der Waals surface area (Å²) >= 11 is 0. The van der Waals surface area contributed by atoms with Gasteiger partial charge in [0.25, 0.3) is 10.0 Å². The first-order valence-electron chi connectivity index (χ1n) is 13.4. The quantitative estimate of drug-likeness (QED) is 0.388. The number of nitrogens with zero attached hydrogens (tertiary/aromatic N) is 2. The minimum Gasteiger partial charge on any atom is -0.352 e. The van der Waals surface area contributed by atoms with E-state index in [9.17, 15) is 18.0 Å². The number of aryl methyl sites for hydroxylation is 2. The molecule has 2 amide bonds. The molecular formula is C31H37N3O4S. The number of carbonyl (C=O) groups is 2. The third-order valence-electron chi connectivity index (χ3n) is 7.27. The molecule has 1 saturated carbocycles. The summed E-state index contributed by atoms with van der Waals surface area (Å²) in [5.74, 6) is -0.681. The lowest BCUT2D eigenvalue weighted by molar-refractivity contribution is -0.139. The molecule has 0 radical (unpaired) electrons. The number of hydrogen-bond donors (Lipinski definition) is 1. The molecule has 0 aliphatic heterocycles. The standard InChI is InChI=1S/C31H37N3O4S/c1-23-13-17-26(18-14-23)21-33(25(3)31(36)32-27-9-7-8-10-27)30(35)22-34(28-19-15-24(2)16-20-28)39(37,38)29-11-5-4-6-12-29/h4-6,11-20,25,27H,7-10,21-22H2,1-3H3,(H,32,36)/t25-/m0/s1. The number of hydrogen-bond acceptors (Lipinski definition) is 4. The van der Waals surface area contributed by atoms with E-state index in [-0.39, 0.29) is 23.4 Å². The summed E-state index contributed by atoms with van der Waals surface area (Å²) in [6.07, 6.45) is 4.02. The van der Waals surface area contributed by atoms with Crippen LogP contribution in [-0.4, -0.2) is 43.8 Å². The number of carbonyl (C=O) groups excluding carboxylic acids is 2. The van der Waals surface area contributed by atoms with E-state index in [1.54, 1.807) is 37.3 Å². The average molecular weight is 548 g/mol. The fourth-order valence-electron chi connectivity index (χ4n) is 4.82. The van der Waals surface area contributed by atoms with Crippen LogP contribution in [0.25, 0.3) is 0 Å². The topological polar surface area (TPSA) is 86.8 Å². The minimum atomic E-state index is -4.05. The van der Waals surface area contributed by atoms with Crippen molar-refractivity contribution in [2.45, 2.75) is 70.0 Å². The number of nitrogens with one attached hydrogen (secondary N) is 1. The molecule has 1 N–H and O–H groups in total. The maximum absolute atomic E-state index is 14.0. The van der Waals surface area contributed by atoms with Gasteiger partial charge in [-0.15, -0.1) is 0 Å². The normalized spacial score (nSPS) is 14.5. The summed E-state index contributed by atoms with van der Waals surface area (Å²) in [5.41, 5.74) is 3.31. The van der Waals surface area contributed by atoms with Gasteiger partial charge in [-0.25, -0.2) is 8.42 Å². The van der Waals surface area contributed by atoms with Crippen LogP contribution in [0.3, 0.4) is 0 Å². The highest BCUT2D eigenvalue weighted by atomic mass is 32.2. The zero-order valence-electron chi connectivity index (χ0n) is 22.8. The van der Waals surface area contributed by atoms with Gasteiger partial charge in [0.05, 0.1) is 10.6 Å². The first kappa shape index (κ1) is 28.4. The highest BCUT2D eigenvalue weighted by Gasteiger charge is 2.33.